The first-order chi connectivity index (χ1) is 11.4. The van der Waals surface area contributed by atoms with Gasteiger partial charge in [-0.25, -0.2) is 0 Å². The van der Waals surface area contributed by atoms with Gasteiger partial charge in [0.1, 0.15) is 5.75 Å². The van der Waals surface area contributed by atoms with E-state index in [2.05, 4.69) is 37.2 Å². The molecule has 0 aromatic heterocycles. The van der Waals surface area contributed by atoms with E-state index in [0.717, 1.165) is 10.0 Å². The lowest BCUT2D eigenvalue weighted by Crippen LogP contribution is -2.28. The second-order valence-corrected chi connectivity index (χ2v) is 7.22. The summed E-state index contributed by atoms with van der Waals surface area (Å²) in [6.45, 7) is 1.64. The predicted molar refractivity (Wildman–Crippen MR) is 101 cm³/mol. The SMILES string of the molecule is CC(=O)c1cc(Br)cc(Br)c1OCC(=O)NCc1ccc(Cl)cc1. The van der Waals surface area contributed by atoms with Gasteiger partial charge in [-0.3, -0.25) is 9.59 Å². The fourth-order valence-electron chi connectivity index (χ4n) is 1.96. The summed E-state index contributed by atoms with van der Waals surface area (Å²) >= 11 is 12.5. The Labute approximate surface area is 161 Å². The zero-order chi connectivity index (χ0) is 17.7. The highest BCUT2D eigenvalue weighted by Gasteiger charge is 2.15. The van der Waals surface area contributed by atoms with Crippen LogP contribution in [0, 0.1) is 0 Å². The molecule has 1 amide bonds. The molecule has 0 spiro atoms. The normalized spacial score (nSPS) is 10.3. The molecule has 0 saturated heterocycles. The highest BCUT2D eigenvalue weighted by molar-refractivity contribution is 9.11. The first-order valence-electron chi connectivity index (χ1n) is 7.00. The summed E-state index contributed by atoms with van der Waals surface area (Å²) in [5, 5.41) is 3.40. The maximum Gasteiger partial charge on any atom is 0.258 e. The maximum atomic E-state index is 11.9. The van der Waals surface area contributed by atoms with Gasteiger partial charge in [0.2, 0.25) is 0 Å². The molecule has 0 atom stereocenters. The molecular formula is C17H14Br2ClNO3. The molecular weight excluding hydrogens is 461 g/mol. The third kappa shape index (κ3) is 5.33. The minimum Gasteiger partial charge on any atom is -0.482 e. The van der Waals surface area contributed by atoms with E-state index in [4.69, 9.17) is 16.3 Å². The van der Waals surface area contributed by atoms with Gasteiger partial charge in [-0.1, -0.05) is 39.7 Å². The Morgan fingerprint density at radius 3 is 2.46 bits per heavy atom. The van der Waals surface area contributed by atoms with Gasteiger partial charge in [-0.05, 0) is 52.7 Å². The van der Waals surface area contributed by atoms with Crippen molar-refractivity contribution in [3.8, 4) is 5.75 Å². The molecule has 0 radical (unpaired) electrons. The van der Waals surface area contributed by atoms with Gasteiger partial charge in [-0.15, -0.1) is 0 Å². The number of carbonyl (C=O) groups excluding carboxylic acids is 2. The molecule has 0 aliphatic heterocycles. The van der Waals surface area contributed by atoms with E-state index in [-0.39, 0.29) is 18.3 Å². The van der Waals surface area contributed by atoms with E-state index in [9.17, 15) is 9.59 Å². The van der Waals surface area contributed by atoms with Gasteiger partial charge in [0.15, 0.2) is 12.4 Å². The second-order valence-electron chi connectivity index (χ2n) is 5.01. The topological polar surface area (TPSA) is 55.4 Å². The standard InChI is InChI=1S/C17H14Br2ClNO3/c1-10(22)14-6-12(18)7-15(19)17(14)24-9-16(23)21-8-11-2-4-13(20)5-3-11/h2-7H,8-9H2,1H3,(H,21,23). The van der Waals surface area contributed by atoms with E-state index in [1.807, 2.05) is 12.1 Å². The maximum absolute atomic E-state index is 11.9. The molecule has 2 aromatic rings. The number of benzene rings is 2. The van der Waals surface area contributed by atoms with Crippen LogP contribution in [-0.2, 0) is 11.3 Å². The molecule has 4 nitrogen and oxygen atoms in total. The van der Waals surface area contributed by atoms with Crippen molar-refractivity contribution in [1.29, 1.82) is 0 Å². The lowest BCUT2D eigenvalue weighted by atomic mass is 10.1. The third-order valence-electron chi connectivity index (χ3n) is 3.14. The Hall–Kier alpha value is -1.37. The van der Waals surface area contributed by atoms with Gasteiger partial charge >= 0.3 is 0 Å². The molecule has 126 valence electrons. The van der Waals surface area contributed by atoms with Crippen molar-refractivity contribution < 1.29 is 14.3 Å². The van der Waals surface area contributed by atoms with Crippen LogP contribution in [0.3, 0.4) is 0 Å². The number of rotatable bonds is 6. The lowest BCUT2D eigenvalue weighted by molar-refractivity contribution is -0.123. The largest absolute Gasteiger partial charge is 0.482 e. The van der Waals surface area contributed by atoms with Crippen LogP contribution in [0.2, 0.25) is 5.02 Å². The Morgan fingerprint density at radius 1 is 1.17 bits per heavy atom. The first kappa shape index (κ1) is 19.0. The second kappa shape index (κ2) is 8.65. The zero-order valence-corrected chi connectivity index (χ0v) is 16.7. The van der Waals surface area contributed by atoms with Crippen LogP contribution in [0.1, 0.15) is 22.8 Å². The first-order valence-corrected chi connectivity index (χ1v) is 8.97. The quantitative estimate of drug-likeness (QED) is 0.613. The number of Topliss-reactive ketones (excluding diaryl/α,β-unsaturated/α-hetero) is 1. The molecule has 0 aliphatic carbocycles. The van der Waals surface area contributed by atoms with Crippen LogP contribution in [-0.4, -0.2) is 18.3 Å². The molecule has 2 aromatic carbocycles. The molecule has 24 heavy (non-hydrogen) atoms. The summed E-state index contributed by atoms with van der Waals surface area (Å²) in [6, 6.07) is 10.6. The molecule has 0 saturated carbocycles. The highest BCUT2D eigenvalue weighted by Crippen LogP contribution is 2.33. The number of hydrogen-bond donors (Lipinski definition) is 1. The minimum absolute atomic E-state index is 0.145. The predicted octanol–water partition coefficient (Wildman–Crippen LogP) is 4.76. The number of halogens is 3. The summed E-state index contributed by atoms with van der Waals surface area (Å²) < 4.78 is 6.89. The van der Waals surface area contributed by atoms with Crippen LogP contribution in [0.4, 0.5) is 0 Å². The summed E-state index contributed by atoms with van der Waals surface area (Å²) in [4.78, 5) is 23.7. The average Bonchev–Trinajstić information content (AvgIpc) is 2.52. The van der Waals surface area contributed by atoms with E-state index in [1.165, 1.54) is 6.92 Å². The molecule has 0 fully saturated rings. The Morgan fingerprint density at radius 2 is 1.83 bits per heavy atom. The molecule has 0 aliphatic rings. The van der Waals surface area contributed by atoms with Gasteiger partial charge in [0, 0.05) is 16.0 Å². The number of amides is 1. The third-order valence-corrected chi connectivity index (χ3v) is 4.44. The van der Waals surface area contributed by atoms with E-state index < -0.39 is 0 Å². The molecule has 0 unspecified atom stereocenters. The smallest absolute Gasteiger partial charge is 0.258 e. The van der Waals surface area contributed by atoms with Crippen molar-refractivity contribution in [2.24, 2.45) is 0 Å². The Balaban J connectivity index is 1.96. The van der Waals surface area contributed by atoms with Gasteiger partial charge < -0.3 is 10.1 Å². The van der Waals surface area contributed by atoms with Crippen LogP contribution in [0.15, 0.2) is 45.3 Å². The number of ketones is 1. The van der Waals surface area contributed by atoms with Gasteiger partial charge in [-0.2, -0.15) is 0 Å². The highest BCUT2D eigenvalue weighted by atomic mass is 79.9. The van der Waals surface area contributed by atoms with Gasteiger partial charge in [0.05, 0.1) is 10.0 Å². The number of carbonyl (C=O) groups is 2. The van der Waals surface area contributed by atoms with Crippen molar-refractivity contribution >= 4 is 55.2 Å². The molecule has 0 heterocycles. The summed E-state index contributed by atoms with van der Waals surface area (Å²) in [5.41, 5.74) is 1.34. The number of hydrogen-bond acceptors (Lipinski definition) is 3. The molecule has 0 bridgehead atoms. The summed E-state index contributed by atoms with van der Waals surface area (Å²) in [7, 11) is 0. The van der Waals surface area contributed by atoms with Crippen molar-refractivity contribution in [2.45, 2.75) is 13.5 Å². The lowest BCUT2D eigenvalue weighted by Gasteiger charge is -2.12. The number of nitrogens with one attached hydrogen (secondary N) is 1. The fourth-order valence-corrected chi connectivity index (χ4v) is 3.43. The molecule has 1 N–H and O–H groups in total. The van der Waals surface area contributed by atoms with E-state index >= 15 is 0 Å². The van der Waals surface area contributed by atoms with Crippen LogP contribution in [0.25, 0.3) is 0 Å². The number of ether oxygens (including phenoxy) is 1. The molecule has 7 heteroatoms. The fraction of sp³-hybridized carbons (Fsp3) is 0.176. The van der Waals surface area contributed by atoms with Crippen molar-refractivity contribution in [3.63, 3.8) is 0 Å². The van der Waals surface area contributed by atoms with Crippen LogP contribution < -0.4 is 10.1 Å². The van der Waals surface area contributed by atoms with E-state index in [0.29, 0.717) is 27.4 Å². The van der Waals surface area contributed by atoms with Crippen LogP contribution in [0.5, 0.6) is 5.75 Å². The van der Waals surface area contributed by atoms with Gasteiger partial charge in [0.25, 0.3) is 5.91 Å². The van der Waals surface area contributed by atoms with Crippen molar-refractivity contribution in [3.05, 3.63) is 61.5 Å². The average molecular weight is 476 g/mol. The zero-order valence-electron chi connectivity index (χ0n) is 12.7. The minimum atomic E-state index is -0.283. The summed E-state index contributed by atoms with van der Waals surface area (Å²) in [6.07, 6.45) is 0. The Bertz CT molecular complexity index is 763. The molecule has 2 rings (SSSR count). The van der Waals surface area contributed by atoms with E-state index in [1.54, 1.807) is 24.3 Å². The summed E-state index contributed by atoms with van der Waals surface area (Å²) in [5.74, 6) is -0.0739. The Kier molecular flexibility index (Phi) is 6.83. The van der Waals surface area contributed by atoms with Crippen molar-refractivity contribution in [1.82, 2.24) is 5.32 Å². The van der Waals surface area contributed by atoms with Crippen LogP contribution >= 0.6 is 43.5 Å². The van der Waals surface area contributed by atoms with Crippen molar-refractivity contribution in [2.75, 3.05) is 6.61 Å². The monoisotopic (exact) mass is 473 g/mol.